The van der Waals surface area contributed by atoms with Gasteiger partial charge in [-0.15, -0.1) is 0 Å². The lowest BCUT2D eigenvalue weighted by Crippen LogP contribution is -2.00. The molecule has 0 rings (SSSR count). The van der Waals surface area contributed by atoms with E-state index in [-0.39, 0.29) is 0 Å². The van der Waals surface area contributed by atoms with Gasteiger partial charge in [-0.3, -0.25) is 0 Å². The highest BCUT2D eigenvalue weighted by Gasteiger charge is 2.13. The van der Waals surface area contributed by atoms with Crippen LogP contribution in [0.3, 0.4) is 0 Å². The molecule has 0 aliphatic rings. The molecule has 0 heterocycles. The fourth-order valence-corrected chi connectivity index (χ4v) is 0. The highest BCUT2D eigenvalue weighted by atomic mass is 35.5. The Morgan fingerprint density at radius 2 is 1.83 bits per heavy atom. The van der Waals surface area contributed by atoms with Crippen molar-refractivity contribution in [2.75, 3.05) is 0 Å². The van der Waals surface area contributed by atoms with Crippen LogP contribution in [0.1, 0.15) is 0 Å². The molecule has 0 aliphatic carbocycles. The summed E-state index contributed by atoms with van der Waals surface area (Å²) in [6.45, 7) is 3.06. The summed E-state index contributed by atoms with van der Waals surface area (Å²) in [6.07, 6.45) is 0.913. The quantitative estimate of drug-likeness (QED) is 0.376. The van der Waals surface area contributed by atoms with Crippen LogP contribution in [-0.4, -0.2) is 4.52 Å². The van der Waals surface area contributed by atoms with Gasteiger partial charge in [0.05, 0.1) is 0 Å². The normalized spacial score (nSPS) is 11.2. The molecule has 0 saturated carbocycles. The first-order valence-electron chi connectivity index (χ1n) is 1.28. The van der Waals surface area contributed by atoms with E-state index < -0.39 is 4.52 Å². The van der Waals surface area contributed by atoms with Crippen LogP contribution < -0.4 is 0 Å². The van der Waals surface area contributed by atoms with Gasteiger partial charge in [0, 0.05) is 0 Å². The van der Waals surface area contributed by atoms with E-state index in [9.17, 15) is 5.11 Å². The Morgan fingerprint density at radius 1 is 1.67 bits per heavy atom. The largest absolute Gasteiger partial charge is 0.268 e. The Bertz CT molecular complexity index is 54.3. The topological polar surface area (TPSA) is 19.9 Å². The van der Waals surface area contributed by atoms with Crippen molar-refractivity contribution < 1.29 is 5.11 Å². The van der Waals surface area contributed by atoms with Crippen LogP contribution in [0.25, 0.3) is 0 Å². The van der Waals surface area contributed by atoms with Crippen molar-refractivity contribution in [2.24, 2.45) is 0 Å². The van der Waals surface area contributed by atoms with Crippen molar-refractivity contribution in [3.8, 4) is 0 Å². The third-order valence-corrected chi connectivity index (χ3v) is 0.546. The highest BCUT2D eigenvalue weighted by Crippen LogP contribution is 2.16. The average molecular weight is 126 g/mol. The molecule has 0 aromatic rings. The summed E-state index contributed by atoms with van der Waals surface area (Å²) in [5, 5.41) is 9.89. The van der Waals surface area contributed by atoms with Crippen molar-refractivity contribution >= 4 is 23.2 Å². The second kappa shape index (κ2) is 1.82. The van der Waals surface area contributed by atoms with E-state index in [2.05, 4.69) is 6.58 Å². The van der Waals surface area contributed by atoms with Gasteiger partial charge >= 0.3 is 0 Å². The van der Waals surface area contributed by atoms with Crippen LogP contribution in [0.2, 0.25) is 0 Å². The van der Waals surface area contributed by atoms with E-state index in [1.165, 1.54) is 0 Å². The fourth-order valence-electron chi connectivity index (χ4n) is 0. The van der Waals surface area contributed by atoms with Gasteiger partial charge in [0.15, 0.2) is 0 Å². The highest BCUT2D eigenvalue weighted by molar-refractivity contribution is 6.48. The van der Waals surface area contributed by atoms with E-state index in [0.29, 0.717) is 0 Å². The number of alkyl halides is 2. The monoisotopic (exact) mass is 125 g/mol. The Labute approximate surface area is 46.2 Å². The van der Waals surface area contributed by atoms with Crippen molar-refractivity contribution in [3.05, 3.63) is 12.7 Å². The Morgan fingerprint density at radius 3 is 1.83 bits per heavy atom. The van der Waals surface area contributed by atoms with Gasteiger partial charge in [0.25, 0.3) is 4.52 Å². The van der Waals surface area contributed by atoms with Crippen LogP contribution in [0.4, 0.5) is 0 Å². The zero-order valence-corrected chi connectivity index (χ0v) is 4.46. The van der Waals surface area contributed by atoms with Gasteiger partial charge < -0.3 is 0 Å². The molecule has 0 unspecified atom stereocenters. The SMILES string of the molecule is C=CC([O])(Cl)Cl. The average Bonchev–Trinajstić information content (AvgIpc) is 1.35. The van der Waals surface area contributed by atoms with Gasteiger partial charge in [-0.25, -0.2) is 0 Å². The molecule has 0 spiro atoms. The van der Waals surface area contributed by atoms with Gasteiger partial charge in [-0.1, -0.05) is 29.8 Å². The third kappa shape index (κ3) is 4.28. The molecule has 0 atom stereocenters. The number of hydrogen-bond acceptors (Lipinski definition) is 0. The van der Waals surface area contributed by atoms with E-state index in [1.807, 2.05) is 0 Å². The third-order valence-electron chi connectivity index (χ3n) is 0.238. The van der Waals surface area contributed by atoms with Gasteiger partial charge in [-0.2, -0.15) is 5.11 Å². The Hall–Kier alpha value is 0.280. The number of hydrogen-bond donors (Lipinski definition) is 0. The molecule has 1 nitrogen and oxygen atoms in total. The van der Waals surface area contributed by atoms with E-state index in [4.69, 9.17) is 23.2 Å². The van der Waals surface area contributed by atoms with Crippen molar-refractivity contribution in [1.82, 2.24) is 0 Å². The summed E-state index contributed by atoms with van der Waals surface area (Å²) in [4.78, 5) is 0. The first-order valence-corrected chi connectivity index (χ1v) is 2.03. The molecule has 0 amide bonds. The standard InChI is InChI=1S/C3H3Cl2O/c1-2-3(4,5)6/h2H,1H2. The maximum Gasteiger partial charge on any atom is 0.268 e. The smallest absolute Gasteiger partial charge is 0.189 e. The predicted molar refractivity (Wildman–Crippen MR) is 25.3 cm³/mol. The first-order chi connectivity index (χ1) is 2.56. The minimum Gasteiger partial charge on any atom is -0.189 e. The van der Waals surface area contributed by atoms with Crippen molar-refractivity contribution in [3.63, 3.8) is 0 Å². The second-order valence-corrected chi connectivity index (χ2v) is 2.08. The van der Waals surface area contributed by atoms with Crippen LogP contribution >= 0.6 is 23.2 Å². The number of halogens is 2. The van der Waals surface area contributed by atoms with Gasteiger partial charge in [0.2, 0.25) is 0 Å². The Balaban J connectivity index is 3.45. The summed E-state index contributed by atoms with van der Waals surface area (Å²) in [6, 6.07) is 0. The van der Waals surface area contributed by atoms with Crippen LogP contribution in [0.5, 0.6) is 0 Å². The molecule has 1 radical (unpaired) electrons. The summed E-state index contributed by atoms with van der Waals surface area (Å²) < 4.78 is -2.00. The summed E-state index contributed by atoms with van der Waals surface area (Å²) >= 11 is 9.62. The van der Waals surface area contributed by atoms with Crippen molar-refractivity contribution in [2.45, 2.75) is 4.52 Å². The number of rotatable bonds is 1. The minimum absolute atomic E-state index is 0.913. The lowest BCUT2D eigenvalue weighted by molar-refractivity contribution is 0.162. The van der Waals surface area contributed by atoms with Gasteiger partial charge in [0.1, 0.15) is 0 Å². The molecule has 0 fully saturated rings. The van der Waals surface area contributed by atoms with Crippen molar-refractivity contribution in [1.29, 1.82) is 0 Å². The molecule has 0 bridgehead atoms. The lowest BCUT2D eigenvalue weighted by Gasteiger charge is -1.95. The van der Waals surface area contributed by atoms with Crippen LogP contribution in [0, 0.1) is 0 Å². The fraction of sp³-hybridized carbons (Fsp3) is 0.333. The molecule has 35 valence electrons. The van der Waals surface area contributed by atoms with Gasteiger partial charge in [-0.05, 0) is 6.08 Å². The summed E-state index contributed by atoms with van der Waals surface area (Å²) in [5.41, 5.74) is 0. The van der Waals surface area contributed by atoms with Crippen LogP contribution in [-0.2, 0) is 5.11 Å². The molecule has 0 aliphatic heterocycles. The molecule has 3 heteroatoms. The predicted octanol–water partition coefficient (Wildman–Crippen LogP) is 1.73. The Kier molecular flexibility index (Phi) is 1.91. The van der Waals surface area contributed by atoms with E-state index in [0.717, 1.165) is 6.08 Å². The zero-order valence-electron chi connectivity index (χ0n) is 2.95. The molecule has 6 heavy (non-hydrogen) atoms. The maximum absolute atomic E-state index is 9.89. The maximum atomic E-state index is 9.89. The van der Waals surface area contributed by atoms with E-state index in [1.54, 1.807) is 0 Å². The second-order valence-electron chi connectivity index (χ2n) is 0.766. The first kappa shape index (κ1) is 6.28. The lowest BCUT2D eigenvalue weighted by atomic mass is 10.7. The summed E-state index contributed by atoms with van der Waals surface area (Å²) in [5.74, 6) is 0. The molecular formula is C3H3Cl2O. The van der Waals surface area contributed by atoms with E-state index >= 15 is 0 Å². The molecule has 0 saturated heterocycles. The van der Waals surface area contributed by atoms with Crippen LogP contribution in [0.15, 0.2) is 12.7 Å². The molecule has 0 aromatic heterocycles. The molecule has 0 N–H and O–H groups in total. The summed E-state index contributed by atoms with van der Waals surface area (Å²) in [7, 11) is 0. The molecule has 0 aromatic carbocycles. The zero-order chi connectivity index (χ0) is 5.21. The minimum atomic E-state index is -2.00. The molecular weight excluding hydrogens is 123 g/mol.